The number of hydrogen-bond acceptors (Lipinski definition) is 5. The summed E-state index contributed by atoms with van der Waals surface area (Å²) < 4.78 is 66.5. The van der Waals surface area contributed by atoms with Crippen LogP contribution in [0, 0.1) is 0 Å². The molecule has 2 N–H and O–H groups in total. The highest BCUT2D eigenvalue weighted by Gasteiger charge is 2.47. The number of alkyl halides is 5. The molecule has 1 amide bonds. The fourth-order valence-corrected chi connectivity index (χ4v) is 3.75. The Bertz CT molecular complexity index is 1440. The van der Waals surface area contributed by atoms with Gasteiger partial charge < -0.3 is 19.7 Å². The number of pyridine rings is 2. The average Bonchev–Trinajstić information content (AvgIpc) is 3.34. The number of H-pyrrole nitrogens is 1. The minimum absolute atomic E-state index is 0.0505. The van der Waals surface area contributed by atoms with Crippen LogP contribution in [-0.4, -0.2) is 68.1 Å². The Kier molecular flexibility index (Phi) is 6.96. The summed E-state index contributed by atoms with van der Waals surface area (Å²) in [5, 5.41) is 8.68. The number of aromatic nitrogens is 3. The molecular formula is C24H19F5N4O4. The minimum Gasteiger partial charge on any atom is -0.475 e. The Morgan fingerprint density at radius 2 is 1.84 bits per heavy atom. The molecule has 0 radical (unpaired) electrons. The van der Waals surface area contributed by atoms with E-state index in [1.807, 2.05) is 18.2 Å². The van der Waals surface area contributed by atoms with Crippen LogP contribution < -0.4 is 4.74 Å². The standard InChI is InChI=1S/C22H18F2N4O2.C2HF3O2/c23-22(24)9-12-28(21(29)16-8-11-26-20-15(16)7-10-25-20)13-18(22)30-19-6-5-14-3-1-2-4-17(14)27-19;3-2(4,5)1(6)7/h1-8,10-11,18H,9,12-13H2,(H,25,26);(H,6,7). The highest BCUT2D eigenvalue weighted by atomic mass is 19.4. The Balaban J connectivity index is 0.000000405. The van der Waals surface area contributed by atoms with E-state index in [-0.39, 0.29) is 24.9 Å². The first-order valence-electron chi connectivity index (χ1n) is 10.9. The van der Waals surface area contributed by atoms with Crippen LogP contribution in [0.5, 0.6) is 5.88 Å². The lowest BCUT2D eigenvalue weighted by Gasteiger charge is -2.38. The number of carboxylic acids is 1. The third kappa shape index (κ3) is 5.76. The summed E-state index contributed by atoms with van der Waals surface area (Å²) in [7, 11) is 0. The van der Waals surface area contributed by atoms with Crippen LogP contribution in [0.25, 0.3) is 21.9 Å². The van der Waals surface area contributed by atoms with E-state index in [9.17, 15) is 26.7 Å². The van der Waals surface area contributed by atoms with Gasteiger partial charge >= 0.3 is 12.1 Å². The highest BCUT2D eigenvalue weighted by Crippen LogP contribution is 2.33. The molecule has 37 heavy (non-hydrogen) atoms. The molecule has 194 valence electrons. The van der Waals surface area contributed by atoms with Crippen molar-refractivity contribution in [1.29, 1.82) is 0 Å². The SMILES string of the molecule is O=C(O)C(F)(F)F.O=C(c1ccnc2[nH]ccc12)N1CCC(F)(F)C(Oc2ccc3ccccc3n2)C1. The normalized spacial score (nSPS) is 17.2. The molecule has 1 saturated heterocycles. The van der Waals surface area contributed by atoms with Crippen molar-refractivity contribution in [2.75, 3.05) is 13.1 Å². The van der Waals surface area contributed by atoms with Gasteiger partial charge in [0.2, 0.25) is 5.88 Å². The van der Waals surface area contributed by atoms with Crippen LogP contribution in [0.1, 0.15) is 16.8 Å². The van der Waals surface area contributed by atoms with Crippen molar-refractivity contribution in [2.45, 2.75) is 24.6 Å². The van der Waals surface area contributed by atoms with Gasteiger partial charge in [0.05, 0.1) is 17.6 Å². The maximum atomic E-state index is 14.6. The molecule has 0 spiro atoms. The molecular weight excluding hydrogens is 503 g/mol. The van der Waals surface area contributed by atoms with E-state index in [1.165, 1.54) is 11.1 Å². The number of benzene rings is 1. The van der Waals surface area contributed by atoms with Crippen LogP contribution in [0.4, 0.5) is 22.0 Å². The number of rotatable bonds is 3. The number of hydrogen-bond donors (Lipinski definition) is 2. The zero-order valence-electron chi connectivity index (χ0n) is 18.9. The number of carbonyl (C=O) groups excluding carboxylic acids is 1. The molecule has 1 aliphatic rings. The van der Waals surface area contributed by atoms with Gasteiger partial charge in [0, 0.05) is 42.2 Å². The van der Waals surface area contributed by atoms with Gasteiger partial charge in [0.15, 0.2) is 6.10 Å². The third-order valence-electron chi connectivity index (χ3n) is 5.63. The number of aliphatic carboxylic acids is 1. The second kappa shape index (κ2) is 9.99. The number of carboxylic acid groups (broad SMARTS) is 1. The molecule has 0 saturated carbocycles. The predicted octanol–water partition coefficient (Wildman–Crippen LogP) is 4.67. The molecule has 4 heterocycles. The number of amides is 1. The van der Waals surface area contributed by atoms with E-state index in [4.69, 9.17) is 14.6 Å². The third-order valence-corrected chi connectivity index (χ3v) is 5.63. The van der Waals surface area contributed by atoms with E-state index in [1.54, 1.807) is 36.5 Å². The molecule has 1 aromatic carbocycles. The molecule has 1 aliphatic heterocycles. The summed E-state index contributed by atoms with van der Waals surface area (Å²) in [6.07, 6.45) is -3.82. The van der Waals surface area contributed by atoms with E-state index in [0.29, 0.717) is 22.1 Å². The number of carbonyl (C=O) groups is 2. The molecule has 0 bridgehead atoms. The van der Waals surface area contributed by atoms with E-state index in [2.05, 4.69) is 15.0 Å². The molecule has 4 aromatic rings. The Hall–Kier alpha value is -4.29. The summed E-state index contributed by atoms with van der Waals surface area (Å²) in [5.74, 6) is -6.03. The molecule has 3 aromatic heterocycles. The molecule has 1 fully saturated rings. The Morgan fingerprint density at radius 3 is 2.57 bits per heavy atom. The van der Waals surface area contributed by atoms with Crippen molar-refractivity contribution in [1.82, 2.24) is 19.9 Å². The topological polar surface area (TPSA) is 108 Å². The van der Waals surface area contributed by atoms with Crippen LogP contribution >= 0.6 is 0 Å². The predicted molar refractivity (Wildman–Crippen MR) is 121 cm³/mol. The molecule has 0 aliphatic carbocycles. The molecule has 5 rings (SSSR count). The van der Waals surface area contributed by atoms with Crippen molar-refractivity contribution in [3.63, 3.8) is 0 Å². The summed E-state index contributed by atoms with van der Waals surface area (Å²) >= 11 is 0. The van der Waals surface area contributed by atoms with Crippen molar-refractivity contribution >= 4 is 33.8 Å². The molecule has 1 atom stereocenters. The first-order chi connectivity index (χ1) is 17.5. The second-order valence-corrected chi connectivity index (χ2v) is 8.11. The van der Waals surface area contributed by atoms with E-state index >= 15 is 0 Å². The number of likely N-dealkylation sites (tertiary alicyclic amines) is 1. The van der Waals surface area contributed by atoms with Gasteiger partial charge in [-0.05, 0) is 24.3 Å². The highest BCUT2D eigenvalue weighted by molar-refractivity contribution is 6.05. The summed E-state index contributed by atoms with van der Waals surface area (Å²) in [6.45, 7) is -0.278. The summed E-state index contributed by atoms with van der Waals surface area (Å²) in [4.78, 5) is 34.8. The second-order valence-electron chi connectivity index (χ2n) is 8.11. The number of fused-ring (bicyclic) bond motifs is 2. The zero-order valence-corrected chi connectivity index (χ0v) is 18.9. The van der Waals surface area contributed by atoms with Crippen molar-refractivity contribution < 1.29 is 41.4 Å². The molecule has 8 nitrogen and oxygen atoms in total. The van der Waals surface area contributed by atoms with Gasteiger partial charge in [0.1, 0.15) is 5.65 Å². The van der Waals surface area contributed by atoms with Gasteiger partial charge in [-0.15, -0.1) is 0 Å². The number of halogens is 5. The maximum Gasteiger partial charge on any atom is 0.490 e. The number of piperidine rings is 1. The van der Waals surface area contributed by atoms with Gasteiger partial charge in [-0.3, -0.25) is 4.79 Å². The van der Waals surface area contributed by atoms with Gasteiger partial charge in [-0.1, -0.05) is 18.2 Å². The van der Waals surface area contributed by atoms with Crippen LogP contribution in [0.15, 0.2) is 60.9 Å². The lowest BCUT2D eigenvalue weighted by atomic mass is 10.0. The maximum absolute atomic E-state index is 14.6. The number of aromatic amines is 1. The lowest BCUT2D eigenvalue weighted by molar-refractivity contribution is -0.192. The fraction of sp³-hybridized carbons (Fsp3) is 0.250. The molecule has 1 unspecified atom stereocenters. The van der Waals surface area contributed by atoms with Crippen molar-refractivity contribution in [3.8, 4) is 5.88 Å². The van der Waals surface area contributed by atoms with Gasteiger partial charge in [-0.25, -0.2) is 23.5 Å². The molecule has 13 heteroatoms. The first-order valence-corrected chi connectivity index (χ1v) is 10.9. The van der Waals surface area contributed by atoms with Gasteiger partial charge in [-0.2, -0.15) is 13.2 Å². The fourth-order valence-electron chi connectivity index (χ4n) is 3.75. The quantitative estimate of drug-likeness (QED) is 0.379. The smallest absolute Gasteiger partial charge is 0.475 e. The van der Waals surface area contributed by atoms with Crippen LogP contribution in [0.3, 0.4) is 0 Å². The largest absolute Gasteiger partial charge is 0.490 e. The Labute approximate surface area is 205 Å². The van der Waals surface area contributed by atoms with Gasteiger partial charge in [0.25, 0.3) is 11.8 Å². The first kappa shape index (κ1) is 25.8. The van der Waals surface area contributed by atoms with E-state index in [0.717, 1.165) is 5.39 Å². The number of nitrogens with one attached hydrogen (secondary N) is 1. The minimum atomic E-state index is -5.08. The number of nitrogens with zero attached hydrogens (tertiary/aromatic N) is 3. The summed E-state index contributed by atoms with van der Waals surface area (Å²) in [5.41, 5.74) is 1.67. The number of para-hydroxylation sites is 1. The lowest BCUT2D eigenvalue weighted by Crippen LogP contribution is -2.55. The number of ether oxygens (including phenoxy) is 1. The van der Waals surface area contributed by atoms with Crippen LogP contribution in [-0.2, 0) is 4.79 Å². The zero-order chi connectivity index (χ0) is 26.8. The van der Waals surface area contributed by atoms with Crippen LogP contribution in [0.2, 0.25) is 0 Å². The summed E-state index contributed by atoms with van der Waals surface area (Å²) in [6, 6.07) is 14.1. The Morgan fingerprint density at radius 1 is 1.11 bits per heavy atom. The van der Waals surface area contributed by atoms with Crippen molar-refractivity contribution in [3.05, 3.63) is 66.5 Å². The van der Waals surface area contributed by atoms with Crippen molar-refractivity contribution in [2.24, 2.45) is 0 Å². The van der Waals surface area contributed by atoms with E-state index < -0.39 is 30.6 Å². The average molecular weight is 522 g/mol. The monoisotopic (exact) mass is 522 g/mol.